The minimum absolute atomic E-state index is 1.11. The molecule has 0 aliphatic heterocycles. The van der Waals surface area contributed by atoms with Gasteiger partial charge in [-0.2, -0.15) is 0 Å². The average molecular weight is 376 g/mol. The Bertz CT molecular complexity index is 936. The summed E-state index contributed by atoms with van der Waals surface area (Å²) in [7, 11) is 4.13. The van der Waals surface area contributed by atoms with Gasteiger partial charge in [0.15, 0.2) is 0 Å². The largest absolute Gasteiger partial charge is 0.378 e. The zero-order chi connectivity index (χ0) is 16.7. The summed E-state index contributed by atoms with van der Waals surface area (Å²) in [5.41, 5.74) is 8.95. The molecule has 1 aliphatic carbocycles. The molecular formula is C22H18BrN. The SMILES string of the molecule is CN(C)c1ccc(/C=C2\c3ccccc3-c3ccc(Br)cc32)cc1. The molecule has 0 aromatic heterocycles. The highest BCUT2D eigenvalue weighted by molar-refractivity contribution is 9.10. The van der Waals surface area contributed by atoms with Crippen LogP contribution in [-0.4, -0.2) is 14.1 Å². The van der Waals surface area contributed by atoms with Gasteiger partial charge in [-0.15, -0.1) is 0 Å². The normalized spacial score (nSPS) is 13.7. The molecule has 24 heavy (non-hydrogen) atoms. The Morgan fingerprint density at radius 2 is 1.42 bits per heavy atom. The molecule has 1 aliphatic rings. The molecule has 2 heteroatoms. The highest BCUT2D eigenvalue weighted by Crippen LogP contribution is 2.45. The molecule has 0 spiro atoms. The van der Waals surface area contributed by atoms with Crippen LogP contribution in [0.5, 0.6) is 0 Å². The smallest absolute Gasteiger partial charge is 0.0361 e. The Balaban J connectivity index is 1.87. The van der Waals surface area contributed by atoms with Crippen LogP contribution in [0.4, 0.5) is 5.69 Å². The van der Waals surface area contributed by atoms with Crippen LogP contribution in [0.25, 0.3) is 22.8 Å². The van der Waals surface area contributed by atoms with Gasteiger partial charge in [0.1, 0.15) is 0 Å². The summed E-state index contributed by atoms with van der Waals surface area (Å²) < 4.78 is 1.11. The molecule has 0 heterocycles. The van der Waals surface area contributed by atoms with E-state index < -0.39 is 0 Å². The molecule has 3 aromatic carbocycles. The fraction of sp³-hybridized carbons (Fsp3) is 0.0909. The van der Waals surface area contributed by atoms with E-state index in [1.807, 2.05) is 0 Å². The van der Waals surface area contributed by atoms with Crippen molar-refractivity contribution in [1.82, 2.24) is 0 Å². The Kier molecular flexibility index (Phi) is 3.78. The molecule has 1 nitrogen and oxygen atoms in total. The highest BCUT2D eigenvalue weighted by Gasteiger charge is 2.22. The Hall–Kier alpha value is -2.32. The van der Waals surface area contributed by atoms with Crippen molar-refractivity contribution in [2.75, 3.05) is 19.0 Å². The predicted octanol–water partition coefficient (Wildman–Crippen LogP) is 6.08. The highest BCUT2D eigenvalue weighted by atomic mass is 79.9. The number of benzene rings is 3. The fourth-order valence-corrected chi connectivity index (χ4v) is 3.62. The van der Waals surface area contributed by atoms with Gasteiger partial charge in [0.2, 0.25) is 0 Å². The Labute approximate surface area is 151 Å². The van der Waals surface area contributed by atoms with E-state index in [4.69, 9.17) is 0 Å². The van der Waals surface area contributed by atoms with Gasteiger partial charge in [0.25, 0.3) is 0 Å². The molecule has 4 rings (SSSR count). The second-order valence-electron chi connectivity index (χ2n) is 6.28. The van der Waals surface area contributed by atoms with Gasteiger partial charge in [-0.25, -0.2) is 0 Å². The van der Waals surface area contributed by atoms with E-state index in [0.29, 0.717) is 0 Å². The van der Waals surface area contributed by atoms with Gasteiger partial charge < -0.3 is 4.90 Å². The Morgan fingerprint density at radius 3 is 2.12 bits per heavy atom. The minimum Gasteiger partial charge on any atom is -0.378 e. The zero-order valence-corrected chi connectivity index (χ0v) is 15.3. The zero-order valence-electron chi connectivity index (χ0n) is 13.8. The third-order valence-corrected chi connectivity index (χ3v) is 4.99. The maximum Gasteiger partial charge on any atom is 0.0361 e. The molecule has 3 aromatic rings. The number of nitrogens with zero attached hydrogens (tertiary/aromatic N) is 1. The van der Waals surface area contributed by atoms with Crippen molar-refractivity contribution in [3.63, 3.8) is 0 Å². The third kappa shape index (κ3) is 2.57. The molecule has 0 N–H and O–H groups in total. The van der Waals surface area contributed by atoms with Gasteiger partial charge in [0.05, 0.1) is 0 Å². The maximum absolute atomic E-state index is 3.62. The summed E-state index contributed by atoms with van der Waals surface area (Å²) in [5, 5.41) is 0. The van der Waals surface area contributed by atoms with Gasteiger partial charge in [0, 0.05) is 24.3 Å². The standard InChI is InChI=1S/C22H18BrN/c1-24(2)17-10-7-15(8-11-17)13-21-19-6-4-3-5-18(19)20-12-9-16(23)14-22(20)21/h3-14H,1-2H3/b21-13+. The fourth-order valence-electron chi connectivity index (χ4n) is 3.26. The van der Waals surface area contributed by atoms with Crippen LogP contribution in [0, 0.1) is 0 Å². The van der Waals surface area contributed by atoms with Crippen molar-refractivity contribution in [3.05, 3.63) is 87.9 Å². The van der Waals surface area contributed by atoms with Gasteiger partial charge in [-0.05, 0) is 63.7 Å². The second kappa shape index (κ2) is 5.95. The maximum atomic E-state index is 3.62. The first kappa shape index (κ1) is 15.2. The molecule has 0 saturated heterocycles. The lowest BCUT2D eigenvalue weighted by Gasteiger charge is -2.12. The molecule has 0 unspecified atom stereocenters. The number of rotatable bonds is 2. The lowest BCUT2D eigenvalue weighted by atomic mass is 10.0. The van der Waals surface area contributed by atoms with Crippen molar-refractivity contribution in [3.8, 4) is 11.1 Å². The van der Waals surface area contributed by atoms with Crippen LogP contribution in [-0.2, 0) is 0 Å². The topological polar surface area (TPSA) is 3.24 Å². The average Bonchev–Trinajstić information content (AvgIpc) is 2.89. The lowest BCUT2D eigenvalue weighted by Crippen LogP contribution is -2.07. The second-order valence-corrected chi connectivity index (χ2v) is 7.20. The van der Waals surface area contributed by atoms with Crippen LogP contribution in [0.1, 0.15) is 16.7 Å². The summed E-state index contributed by atoms with van der Waals surface area (Å²) in [6.45, 7) is 0. The summed E-state index contributed by atoms with van der Waals surface area (Å²) in [6, 6.07) is 23.9. The van der Waals surface area contributed by atoms with Gasteiger partial charge in [-0.1, -0.05) is 58.4 Å². The number of fused-ring (bicyclic) bond motifs is 3. The molecule has 0 amide bonds. The molecule has 0 fully saturated rings. The van der Waals surface area contributed by atoms with E-state index in [2.05, 4.69) is 108 Å². The molecule has 0 bridgehead atoms. The minimum atomic E-state index is 1.11. The van der Waals surface area contributed by atoms with E-state index in [0.717, 1.165) is 4.47 Å². The monoisotopic (exact) mass is 375 g/mol. The van der Waals surface area contributed by atoms with Crippen LogP contribution < -0.4 is 4.90 Å². The number of anilines is 1. The van der Waals surface area contributed by atoms with Crippen molar-refractivity contribution in [2.45, 2.75) is 0 Å². The van der Waals surface area contributed by atoms with E-state index in [1.165, 1.54) is 39.1 Å². The summed E-state index contributed by atoms with van der Waals surface area (Å²) in [6.07, 6.45) is 2.29. The van der Waals surface area contributed by atoms with E-state index in [1.54, 1.807) is 0 Å². The molecule has 0 atom stereocenters. The van der Waals surface area contributed by atoms with Gasteiger partial charge in [-0.3, -0.25) is 0 Å². The first-order valence-corrected chi connectivity index (χ1v) is 8.81. The van der Waals surface area contributed by atoms with Crippen molar-refractivity contribution in [2.24, 2.45) is 0 Å². The van der Waals surface area contributed by atoms with Crippen molar-refractivity contribution < 1.29 is 0 Å². The number of hydrogen-bond donors (Lipinski definition) is 0. The predicted molar refractivity (Wildman–Crippen MR) is 107 cm³/mol. The molecular weight excluding hydrogens is 358 g/mol. The lowest BCUT2D eigenvalue weighted by molar-refractivity contribution is 1.13. The molecule has 0 saturated carbocycles. The first-order chi connectivity index (χ1) is 11.6. The van der Waals surface area contributed by atoms with E-state index in [-0.39, 0.29) is 0 Å². The van der Waals surface area contributed by atoms with Crippen molar-refractivity contribution in [1.29, 1.82) is 0 Å². The number of hydrogen-bond acceptors (Lipinski definition) is 1. The third-order valence-electron chi connectivity index (χ3n) is 4.50. The van der Waals surface area contributed by atoms with Crippen LogP contribution in [0.2, 0.25) is 0 Å². The summed E-state index contributed by atoms with van der Waals surface area (Å²) in [4.78, 5) is 2.12. The van der Waals surface area contributed by atoms with Gasteiger partial charge >= 0.3 is 0 Å². The van der Waals surface area contributed by atoms with Crippen LogP contribution in [0.15, 0.2) is 71.2 Å². The van der Waals surface area contributed by atoms with Crippen molar-refractivity contribution >= 4 is 33.3 Å². The van der Waals surface area contributed by atoms with Crippen LogP contribution in [0.3, 0.4) is 0 Å². The Morgan fingerprint density at radius 1 is 0.750 bits per heavy atom. The first-order valence-electron chi connectivity index (χ1n) is 8.02. The van der Waals surface area contributed by atoms with E-state index in [9.17, 15) is 0 Å². The molecule has 0 radical (unpaired) electrons. The molecule has 118 valence electrons. The number of halogens is 1. The van der Waals surface area contributed by atoms with E-state index >= 15 is 0 Å². The quantitative estimate of drug-likeness (QED) is 0.410. The summed E-state index contributed by atoms with van der Waals surface area (Å²) >= 11 is 3.62. The summed E-state index contributed by atoms with van der Waals surface area (Å²) in [5.74, 6) is 0. The van der Waals surface area contributed by atoms with Crippen LogP contribution >= 0.6 is 15.9 Å².